The van der Waals surface area contributed by atoms with Gasteiger partial charge in [-0.2, -0.15) is 5.10 Å². The van der Waals surface area contributed by atoms with E-state index in [1.165, 1.54) is 5.69 Å². The van der Waals surface area contributed by atoms with Crippen LogP contribution in [0.3, 0.4) is 0 Å². The van der Waals surface area contributed by atoms with E-state index in [2.05, 4.69) is 23.1 Å². The Balaban J connectivity index is 2.16. The highest BCUT2D eigenvalue weighted by molar-refractivity contribution is 5.99. The number of hydrogen-bond donors (Lipinski definition) is 0. The molecule has 12 heavy (non-hydrogen) atoms. The lowest BCUT2D eigenvalue weighted by atomic mass is 10.3. The van der Waals surface area contributed by atoms with Crippen LogP contribution in [0.25, 0.3) is 0 Å². The van der Waals surface area contributed by atoms with Gasteiger partial charge in [0.15, 0.2) is 0 Å². The van der Waals surface area contributed by atoms with E-state index in [1.807, 2.05) is 17.7 Å². The van der Waals surface area contributed by atoms with Gasteiger partial charge in [0.2, 0.25) is 0 Å². The standard InChI is InChI=1S/C9H11N3/c1-7-5-8(2)12(11-7)6-9-3-4-10-9/h3-5H,6H2,1-2H3. The summed E-state index contributed by atoms with van der Waals surface area (Å²) in [5.74, 6) is 0. The summed E-state index contributed by atoms with van der Waals surface area (Å²) in [7, 11) is 0. The molecule has 2 heterocycles. The summed E-state index contributed by atoms with van der Waals surface area (Å²) in [6, 6.07) is 2.07. The van der Waals surface area contributed by atoms with Crippen molar-refractivity contribution in [3.8, 4) is 0 Å². The molecule has 3 nitrogen and oxygen atoms in total. The lowest BCUT2D eigenvalue weighted by molar-refractivity contribution is 0.692. The number of allylic oxidation sites excluding steroid dienone is 1. The molecule has 0 spiro atoms. The monoisotopic (exact) mass is 161 g/mol. The number of aromatic nitrogens is 2. The van der Waals surface area contributed by atoms with Gasteiger partial charge in [-0.25, -0.2) is 0 Å². The fourth-order valence-electron chi connectivity index (χ4n) is 1.26. The van der Waals surface area contributed by atoms with Gasteiger partial charge in [0.05, 0.1) is 18.0 Å². The molecule has 62 valence electrons. The number of rotatable bonds is 2. The smallest absolute Gasteiger partial charge is 0.0834 e. The molecule has 1 aromatic rings. The van der Waals surface area contributed by atoms with E-state index in [-0.39, 0.29) is 0 Å². The summed E-state index contributed by atoms with van der Waals surface area (Å²) in [5, 5.41) is 4.33. The van der Waals surface area contributed by atoms with Crippen molar-refractivity contribution in [1.29, 1.82) is 0 Å². The normalized spacial score (nSPS) is 14.3. The van der Waals surface area contributed by atoms with Crippen molar-refractivity contribution in [2.24, 2.45) is 4.99 Å². The first-order valence-electron chi connectivity index (χ1n) is 4.00. The average Bonchev–Trinajstić information content (AvgIpc) is 2.21. The first-order chi connectivity index (χ1) is 5.75. The Morgan fingerprint density at radius 1 is 1.42 bits per heavy atom. The maximum absolute atomic E-state index is 4.33. The molecule has 0 atom stereocenters. The van der Waals surface area contributed by atoms with Crippen molar-refractivity contribution in [1.82, 2.24) is 9.78 Å². The Labute approximate surface area is 71.4 Å². The SMILES string of the molecule is Cc1cc(C)n(CC2=NC=C2)n1. The summed E-state index contributed by atoms with van der Waals surface area (Å²) in [6.07, 6.45) is 3.82. The van der Waals surface area contributed by atoms with Gasteiger partial charge in [-0.1, -0.05) is 0 Å². The molecule has 0 aromatic carbocycles. The average molecular weight is 161 g/mol. The molecular formula is C9H11N3. The van der Waals surface area contributed by atoms with Gasteiger partial charge in [-0.05, 0) is 26.0 Å². The molecule has 0 unspecified atom stereocenters. The van der Waals surface area contributed by atoms with Gasteiger partial charge in [0.1, 0.15) is 0 Å². The molecule has 0 radical (unpaired) electrons. The van der Waals surface area contributed by atoms with Crippen LogP contribution in [0.2, 0.25) is 0 Å². The summed E-state index contributed by atoms with van der Waals surface area (Å²) in [6.45, 7) is 4.86. The van der Waals surface area contributed by atoms with Crippen molar-refractivity contribution < 1.29 is 0 Å². The van der Waals surface area contributed by atoms with Gasteiger partial charge in [-0.3, -0.25) is 9.67 Å². The van der Waals surface area contributed by atoms with Crippen LogP contribution in [0.4, 0.5) is 0 Å². The second-order valence-corrected chi connectivity index (χ2v) is 3.02. The zero-order valence-corrected chi connectivity index (χ0v) is 7.28. The number of aryl methyl sites for hydroxylation is 2. The fraction of sp³-hybridized carbons (Fsp3) is 0.333. The molecule has 3 heteroatoms. The van der Waals surface area contributed by atoms with Crippen molar-refractivity contribution >= 4 is 5.71 Å². The first-order valence-corrected chi connectivity index (χ1v) is 4.00. The third-order valence-corrected chi connectivity index (χ3v) is 1.92. The van der Waals surface area contributed by atoms with E-state index in [9.17, 15) is 0 Å². The molecular weight excluding hydrogens is 150 g/mol. The first kappa shape index (κ1) is 7.28. The van der Waals surface area contributed by atoms with Crippen molar-refractivity contribution in [3.05, 3.63) is 29.7 Å². The molecule has 0 fully saturated rings. The molecule has 0 amide bonds. The Morgan fingerprint density at radius 3 is 2.58 bits per heavy atom. The van der Waals surface area contributed by atoms with Gasteiger partial charge in [0.25, 0.3) is 0 Å². The molecule has 0 bridgehead atoms. The van der Waals surface area contributed by atoms with Crippen LogP contribution in [-0.2, 0) is 6.54 Å². The van der Waals surface area contributed by atoms with Crippen molar-refractivity contribution in [3.63, 3.8) is 0 Å². The summed E-state index contributed by atoms with van der Waals surface area (Å²) < 4.78 is 1.97. The van der Waals surface area contributed by atoms with E-state index in [0.29, 0.717) is 0 Å². The van der Waals surface area contributed by atoms with Crippen molar-refractivity contribution in [2.75, 3.05) is 0 Å². The van der Waals surface area contributed by atoms with Crippen molar-refractivity contribution in [2.45, 2.75) is 20.4 Å². The Hall–Kier alpha value is -1.38. The molecule has 0 N–H and O–H groups in total. The Morgan fingerprint density at radius 2 is 2.17 bits per heavy atom. The van der Waals surface area contributed by atoms with Gasteiger partial charge < -0.3 is 0 Å². The lowest BCUT2D eigenvalue weighted by Gasteiger charge is -2.07. The fourth-order valence-corrected chi connectivity index (χ4v) is 1.26. The van der Waals surface area contributed by atoms with Crippen LogP contribution in [0.1, 0.15) is 11.4 Å². The number of hydrogen-bond acceptors (Lipinski definition) is 2. The molecule has 0 aliphatic carbocycles. The van der Waals surface area contributed by atoms with Crippen LogP contribution >= 0.6 is 0 Å². The van der Waals surface area contributed by atoms with E-state index < -0.39 is 0 Å². The molecule has 0 saturated carbocycles. The highest BCUT2D eigenvalue weighted by atomic mass is 15.3. The molecule has 1 aromatic heterocycles. The molecule has 2 rings (SSSR count). The summed E-state index contributed by atoms with van der Waals surface area (Å²) >= 11 is 0. The van der Waals surface area contributed by atoms with Crippen LogP contribution in [0.5, 0.6) is 0 Å². The van der Waals surface area contributed by atoms with Gasteiger partial charge in [-0.15, -0.1) is 0 Å². The zero-order chi connectivity index (χ0) is 8.55. The zero-order valence-electron chi connectivity index (χ0n) is 7.28. The van der Waals surface area contributed by atoms with Crippen LogP contribution in [0, 0.1) is 13.8 Å². The number of nitrogens with zero attached hydrogens (tertiary/aromatic N) is 3. The van der Waals surface area contributed by atoms with Gasteiger partial charge >= 0.3 is 0 Å². The lowest BCUT2D eigenvalue weighted by Crippen LogP contribution is -2.13. The molecule has 0 saturated heterocycles. The number of aliphatic imine (C=N–C) groups is 1. The highest BCUT2D eigenvalue weighted by Crippen LogP contribution is 2.05. The Bertz CT molecular complexity index is 358. The van der Waals surface area contributed by atoms with E-state index in [4.69, 9.17) is 0 Å². The predicted octanol–water partition coefficient (Wildman–Crippen LogP) is 1.47. The van der Waals surface area contributed by atoms with Crippen LogP contribution < -0.4 is 0 Å². The maximum atomic E-state index is 4.33. The highest BCUT2D eigenvalue weighted by Gasteiger charge is 2.05. The minimum absolute atomic E-state index is 0.802. The third-order valence-electron chi connectivity index (χ3n) is 1.92. The minimum Gasteiger partial charge on any atom is -0.264 e. The van der Waals surface area contributed by atoms with E-state index in [0.717, 1.165) is 18.0 Å². The summed E-state index contributed by atoms with van der Waals surface area (Å²) in [4.78, 5) is 4.09. The minimum atomic E-state index is 0.802. The van der Waals surface area contributed by atoms with Gasteiger partial charge in [0, 0.05) is 11.9 Å². The van der Waals surface area contributed by atoms with Crippen LogP contribution in [0.15, 0.2) is 23.3 Å². The van der Waals surface area contributed by atoms with E-state index >= 15 is 0 Å². The predicted molar refractivity (Wildman–Crippen MR) is 48.3 cm³/mol. The van der Waals surface area contributed by atoms with Crippen LogP contribution in [-0.4, -0.2) is 15.5 Å². The largest absolute Gasteiger partial charge is 0.264 e. The van der Waals surface area contributed by atoms with E-state index in [1.54, 1.807) is 6.20 Å². The third kappa shape index (κ3) is 1.18. The second-order valence-electron chi connectivity index (χ2n) is 3.02. The summed E-state index contributed by atoms with van der Waals surface area (Å²) in [5.41, 5.74) is 3.35. The maximum Gasteiger partial charge on any atom is 0.0834 e. The second kappa shape index (κ2) is 2.59. The topological polar surface area (TPSA) is 30.2 Å². The Kier molecular flexibility index (Phi) is 1.57. The quantitative estimate of drug-likeness (QED) is 0.646. The molecule has 1 aliphatic heterocycles. The molecule has 1 aliphatic rings.